The smallest absolute Gasteiger partial charge is 0.328 e. The molecule has 1 aromatic carbocycles. The molecule has 0 bridgehead atoms. The van der Waals surface area contributed by atoms with Crippen LogP contribution < -0.4 is 0 Å². The fraction of sp³-hybridized carbons (Fsp3) is 0.467. The summed E-state index contributed by atoms with van der Waals surface area (Å²) in [4.78, 5) is 25.7. The van der Waals surface area contributed by atoms with E-state index in [-0.39, 0.29) is 24.0 Å². The number of hydrogen-bond donors (Lipinski definition) is 1. The van der Waals surface area contributed by atoms with Gasteiger partial charge in [0.2, 0.25) is 5.91 Å². The van der Waals surface area contributed by atoms with Crippen molar-refractivity contribution in [3.63, 3.8) is 0 Å². The van der Waals surface area contributed by atoms with Crippen LogP contribution in [-0.4, -0.2) is 41.6 Å². The Morgan fingerprint density at radius 1 is 1.40 bits per heavy atom. The number of phenols is 1. The first-order valence-corrected chi connectivity index (χ1v) is 6.77. The molecule has 1 atom stereocenters. The number of likely N-dealkylation sites (tertiary alicyclic amines) is 1. The number of hydrogen-bond acceptors (Lipinski definition) is 4. The summed E-state index contributed by atoms with van der Waals surface area (Å²) in [5.74, 6) is -0.321. The minimum Gasteiger partial charge on any atom is -0.508 e. The van der Waals surface area contributed by atoms with Gasteiger partial charge in [0.25, 0.3) is 0 Å². The van der Waals surface area contributed by atoms with E-state index in [1.54, 1.807) is 29.2 Å². The third-order valence-electron chi connectivity index (χ3n) is 3.56. The Labute approximate surface area is 118 Å². The van der Waals surface area contributed by atoms with Crippen LogP contribution in [0.3, 0.4) is 0 Å². The van der Waals surface area contributed by atoms with Crippen LogP contribution in [0.2, 0.25) is 0 Å². The Morgan fingerprint density at radius 3 is 2.90 bits per heavy atom. The fourth-order valence-corrected chi connectivity index (χ4v) is 2.55. The number of aromatic hydroxyl groups is 1. The quantitative estimate of drug-likeness (QED) is 0.850. The molecule has 1 amide bonds. The minimum atomic E-state index is -0.474. The van der Waals surface area contributed by atoms with E-state index in [9.17, 15) is 14.7 Å². The SMILES string of the molecule is COC(=O)[C@H]1CCCCN1C(=O)Cc1cccc(O)c1. The molecule has 2 rings (SSSR count). The largest absolute Gasteiger partial charge is 0.508 e. The van der Waals surface area contributed by atoms with Gasteiger partial charge in [0.15, 0.2) is 0 Å². The summed E-state index contributed by atoms with van der Waals surface area (Å²) in [6.45, 7) is 0.581. The number of benzene rings is 1. The van der Waals surface area contributed by atoms with Crippen molar-refractivity contribution >= 4 is 11.9 Å². The van der Waals surface area contributed by atoms with E-state index in [1.807, 2.05) is 0 Å². The molecule has 5 nitrogen and oxygen atoms in total. The standard InChI is InChI=1S/C15H19NO4/c1-20-15(19)13-7-2-3-8-16(13)14(18)10-11-5-4-6-12(17)9-11/h4-6,9,13,17H,2-3,7-8,10H2,1H3/t13-/m1/s1. The van der Waals surface area contributed by atoms with Crippen LogP contribution in [0.4, 0.5) is 0 Å². The number of nitrogens with zero attached hydrogens (tertiary/aromatic N) is 1. The fourth-order valence-electron chi connectivity index (χ4n) is 2.55. The van der Waals surface area contributed by atoms with Gasteiger partial charge in [-0.1, -0.05) is 12.1 Å². The number of rotatable bonds is 3. The minimum absolute atomic E-state index is 0.106. The monoisotopic (exact) mass is 277 g/mol. The Bertz CT molecular complexity index is 500. The summed E-state index contributed by atoms with van der Waals surface area (Å²) in [6.07, 6.45) is 2.66. The molecule has 0 radical (unpaired) electrons. The average molecular weight is 277 g/mol. The van der Waals surface area contributed by atoms with Crippen molar-refractivity contribution < 1.29 is 19.4 Å². The van der Waals surface area contributed by atoms with Crippen LogP contribution in [0.5, 0.6) is 5.75 Å². The molecular weight excluding hydrogens is 258 g/mol. The van der Waals surface area contributed by atoms with Crippen molar-refractivity contribution in [3.05, 3.63) is 29.8 Å². The van der Waals surface area contributed by atoms with Crippen LogP contribution in [0, 0.1) is 0 Å². The molecule has 1 fully saturated rings. The van der Waals surface area contributed by atoms with Gasteiger partial charge in [0.05, 0.1) is 13.5 Å². The average Bonchev–Trinajstić information content (AvgIpc) is 2.46. The Balaban J connectivity index is 2.08. The van der Waals surface area contributed by atoms with Gasteiger partial charge >= 0.3 is 5.97 Å². The molecule has 1 N–H and O–H groups in total. The van der Waals surface area contributed by atoms with Gasteiger partial charge in [-0.3, -0.25) is 4.79 Å². The highest BCUT2D eigenvalue weighted by Crippen LogP contribution is 2.20. The van der Waals surface area contributed by atoms with Gasteiger partial charge in [-0.25, -0.2) is 4.79 Å². The maximum Gasteiger partial charge on any atom is 0.328 e. The number of phenolic OH excluding ortho intramolecular Hbond substituents is 1. The van der Waals surface area contributed by atoms with Gasteiger partial charge in [0.1, 0.15) is 11.8 Å². The van der Waals surface area contributed by atoms with Crippen LogP contribution >= 0.6 is 0 Å². The molecule has 20 heavy (non-hydrogen) atoms. The molecule has 0 aromatic heterocycles. The maximum atomic E-state index is 12.3. The van der Waals surface area contributed by atoms with Crippen molar-refractivity contribution in [1.82, 2.24) is 4.90 Å². The summed E-state index contributed by atoms with van der Waals surface area (Å²) < 4.78 is 4.77. The maximum absolute atomic E-state index is 12.3. The lowest BCUT2D eigenvalue weighted by molar-refractivity contribution is -0.154. The summed E-state index contributed by atoms with van der Waals surface area (Å²) >= 11 is 0. The molecule has 5 heteroatoms. The van der Waals surface area contributed by atoms with E-state index >= 15 is 0 Å². The van der Waals surface area contributed by atoms with Gasteiger partial charge in [-0.2, -0.15) is 0 Å². The molecule has 1 aliphatic rings. The second-order valence-corrected chi connectivity index (χ2v) is 4.97. The summed E-state index contributed by atoms with van der Waals surface area (Å²) in [5.41, 5.74) is 0.740. The van der Waals surface area contributed by atoms with Crippen molar-refractivity contribution in [2.45, 2.75) is 31.7 Å². The van der Waals surface area contributed by atoms with E-state index in [0.717, 1.165) is 18.4 Å². The highest BCUT2D eigenvalue weighted by molar-refractivity contribution is 5.86. The molecule has 0 spiro atoms. The van der Waals surface area contributed by atoms with E-state index in [4.69, 9.17) is 4.74 Å². The lowest BCUT2D eigenvalue weighted by Crippen LogP contribution is -2.49. The number of methoxy groups -OCH3 is 1. The zero-order chi connectivity index (χ0) is 14.5. The molecule has 108 valence electrons. The molecule has 1 aliphatic heterocycles. The summed E-state index contributed by atoms with van der Waals surface area (Å²) in [5, 5.41) is 9.42. The van der Waals surface area contributed by atoms with Crippen molar-refractivity contribution in [1.29, 1.82) is 0 Å². The number of amides is 1. The van der Waals surface area contributed by atoms with Gasteiger partial charge in [-0.05, 0) is 37.0 Å². The number of carbonyl (C=O) groups excluding carboxylic acids is 2. The lowest BCUT2D eigenvalue weighted by Gasteiger charge is -2.33. The van der Waals surface area contributed by atoms with Gasteiger partial charge in [-0.15, -0.1) is 0 Å². The van der Waals surface area contributed by atoms with Crippen LogP contribution in [0.15, 0.2) is 24.3 Å². The normalized spacial score (nSPS) is 18.6. The predicted octanol–water partition coefficient (Wildman–Crippen LogP) is 1.49. The third kappa shape index (κ3) is 3.29. The van der Waals surface area contributed by atoms with Gasteiger partial charge < -0.3 is 14.7 Å². The Hall–Kier alpha value is -2.04. The molecule has 1 heterocycles. The molecule has 1 aromatic rings. The Kier molecular flexibility index (Phi) is 4.61. The van der Waals surface area contributed by atoms with Crippen molar-refractivity contribution in [2.24, 2.45) is 0 Å². The first-order valence-electron chi connectivity index (χ1n) is 6.77. The summed E-state index contributed by atoms with van der Waals surface area (Å²) in [6, 6.07) is 6.14. The number of carbonyl (C=O) groups is 2. The van der Waals surface area contributed by atoms with Crippen molar-refractivity contribution in [3.8, 4) is 5.75 Å². The number of esters is 1. The first-order chi connectivity index (χ1) is 9.61. The second kappa shape index (κ2) is 6.41. The second-order valence-electron chi connectivity index (χ2n) is 4.97. The molecule has 0 saturated carbocycles. The zero-order valence-corrected chi connectivity index (χ0v) is 11.5. The number of piperidine rings is 1. The van der Waals surface area contributed by atoms with E-state index in [1.165, 1.54) is 7.11 Å². The number of ether oxygens (including phenoxy) is 1. The summed E-state index contributed by atoms with van der Waals surface area (Å²) in [7, 11) is 1.34. The zero-order valence-electron chi connectivity index (χ0n) is 11.5. The van der Waals surface area contributed by atoms with Crippen LogP contribution in [0.25, 0.3) is 0 Å². The first kappa shape index (κ1) is 14.4. The predicted molar refractivity (Wildman–Crippen MR) is 73.2 cm³/mol. The van der Waals surface area contributed by atoms with E-state index in [0.29, 0.717) is 13.0 Å². The lowest BCUT2D eigenvalue weighted by atomic mass is 10.0. The topological polar surface area (TPSA) is 66.8 Å². The van der Waals surface area contributed by atoms with E-state index in [2.05, 4.69) is 0 Å². The van der Waals surface area contributed by atoms with Crippen molar-refractivity contribution in [2.75, 3.05) is 13.7 Å². The third-order valence-corrected chi connectivity index (χ3v) is 3.56. The molecule has 0 unspecified atom stereocenters. The molecular formula is C15H19NO4. The van der Waals surface area contributed by atoms with Crippen LogP contribution in [-0.2, 0) is 20.7 Å². The highest BCUT2D eigenvalue weighted by atomic mass is 16.5. The van der Waals surface area contributed by atoms with Crippen LogP contribution in [0.1, 0.15) is 24.8 Å². The Morgan fingerprint density at radius 2 is 2.20 bits per heavy atom. The molecule has 1 saturated heterocycles. The van der Waals surface area contributed by atoms with Gasteiger partial charge in [0, 0.05) is 6.54 Å². The highest BCUT2D eigenvalue weighted by Gasteiger charge is 2.32. The molecule has 0 aliphatic carbocycles. The van der Waals surface area contributed by atoms with E-state index < -0.39 is 6.04 Å².